The number of nitrogens with zero attached hydrogens (tertiary/aromatic N) is 2. The van der Waals surface area contributed by atoms with Crippen molar-refractivity contribution in [1.29, 1.82) is 0 Å². The van der Waals surface area contributed by atoms with Crippen LogP contribution in [0.4, 0.5) is 5.69 Å². The number of furan rings is 1. The van der Waals surface area contributed by atoms with Crippen molar-refractivity contribution in [2.75, 3.05) is 5.32 Å². The topological polar surface area (TPSA) is 97.5 Å². The van der Waals surface area contributed by atoms with Gasteiger partial charge in [-0.1, -0.05) is 18.2 Å². The number of anilines is 1. The lowest BCUT2D eigenvalue weighted by molar-refractivity contribution is 0.102. The van der Waals surface area contributed by atoms with Gasteiger partial charge in [-0.15, -0.1) is 0 Å². The second-order valence-corrected chi connectivity index (χ2v) is 5.74. The maximum absolute atomic E-state index is 12.5. The van der Waals surface area contributed by atoms with Gasteiger partial charge >= 0.3 is 0 Å². The molecule has 0 saturated heterocycles. The van der Waals surface area contributed by atoms with E-state index in [0.29, 0.717) is 39.5 Å². The van der Waals surface area contributed by atoms with Crippen molar-refractivity contribution in [2.24, 2.45) is 0 Å². The van der Waals surface area contributed by atoms with Crippen molar-refractivity contribution in [2.45, 2.75) is 6.61 Å². The molecule has 7 nitrogen and oxygen atoms in total. The first-order valence-corrected chi connectivity index (χ1v) is 8.20. The Bertz CT molecular complexity index is 1090. The molecule has 0 atom stereocenters. The lowest BCUT2D eigenvalue weighted by Gasteiger charge is -2.06. The number of rotatable bonds is 5. The summed E-state index contributed by atoms with van der Waals surface area (Å²) in [6.07, 6.45) is 2.74. The second kappa shape index (κ2) is 7.27. The van der Waals surface area contributed by atoms with Gasteiger partial charge in [0.15, 0.2) is 0 Å². The third-order valence-electron chi connectivity index (χ3n) is 3.91. The molecule has 0 spiro atoms. The standard InChI is InChI=1S/C20H15N3O4/c24-10-14-8-19(22-12-21-14)27-15-6-7-16-17(11-26-18(16)9-15)20(25)23-13-4-2-1-3-5-13/h1-9,11-12,24H,10H2,(H,23,25). The van der Waals surface area contributed by atoms with E-state index in [1.54, 1.807) is 24.3 Å². The van der Waals surface area contributed by atoms with E-state index in [1.165, 1.54) is 12.6 Å². The average Bonchev–Trinajstić information content (AvgIpc) is 3.12. The first kappa shape index (κ1) is 16.7. The molecule has 0 aliphatic rings. The number of nitrogens with one attached hydrogen (secondary N) is 1. The second-order valence-electron chi connectivity index (χ2n) is 5.74. The largest absolute Gasteiger partial charge is 0.463 e. The summed E-state index contributed by atoms with van der Waals surface area (Å²) in [5.41, 5.74) is 2.12. The molecule has 2 aromatic carbocycles. The predicted octanol–water partition coefficient (Wildman–Crippen LogP) is 3.76. The number of fused-ring (bicyclic) bond motifs is 1. The van der Waals surface area contributed by atoms with Crippen LogP contribution in [0.15, 0.2) is 71.6 Å². The monoisotopic (exact) mass is 361 g/mol. The Hall–Kier alpha value is -3.71. The van der Waals surface area contributed by atoms with Gasteiger partial charge in [-0.25, -0.2) is 9.97 Å². The van der Waals surface area contributed by atoms with Crippen molar-refractivity contribution in [3.8, 4) is 11.6 Å². The van der Waals surface area contributed by atoms with E-state index in [4.69, 9.17) is 14.3 Å². The molecule has 2 N–H and O–H groups in total. The fourth-order valence-electron chi connectivity index (χ4n) is 2.61. The normalized spacial score (nSPS) is 10.7. The Balaban J connectivity index is 1.57. The molecule has 0 aliphatic heterocycles. The summed E-state index contributed by atoms with van der Waals surface area (Å²) in [6.45, 7) is -0.198. The smallest absolute Gasteiger partial charge is 0.259 e. The zero-order valence-electron chi connectivity index (χ0n) is 14.1. The molecule has 134 valence electrons. The van der Waals surface area contributed by atoms with Crippen molar-refractivity contribution < 1.29 is 19.1 Å². The fraction of sp³-hybridized carbons (Fsp3) is 0.0500. The Labute approximate surface area is 154 Å². The van der Waals surface area contributed by atoms with Crippen LogP contribution < -0.4 is 10.1 Å². The molecule has 0 fully saturated rings. The number of hydrogen-bond donors (Lipinski definition) is 2. The van der Waals surface area contributed by atoms with Gasteiger partial charge in [-0.3, -0.25) is 4.79 Å². The lowest BCUT2D eigenvalue weighted by atomic mass is 10.1. The number of para-hydroxylation sites is 1. The zero-order chi connectivity index (χ0) is 18.6. The van der Waals surface area contributed by atoms with E-state index in [-0.39, 0.29) is 12.5 Å². The fourth-order valence-corrected chi connectivity index (χ4v) is 2.61. The molecule has 1 amide bonds. The summed E-state index contributed by atoms with van der Waals surface area (Å²) in [5, 5.41) is 12.6. The van der Waals surface area contributed by atoms with Gasteiger partial charge in [0.25, 0.3) is 5.91 Å². The Morgan fingerprint density at radius 3 is 2.78 bits per heavy atom. The summed E-state index contributed by atoms with van der Waals surface area (Å²) < 4.78 is 11.2. The number of aliphatic hydroxyl groups excluding tert-OH is 1. The number of aromatic nitrogens is 2. The average molecular weight is 361 g/mol. The van der Waals surface area contributed by atoms with E-state index in [9.17, 15) is 4.79 Å². The summed E-state index contributed by atoms with van der Waals surface area (Å²) in [4.78, 5) is 20.4. The van der Waals surface area contributed by atoms with Crippen molar-refractivity contribution >= 4 is 22.6 Å². The number of carbonyl (C=O) groups is 1. The summed E-state index contributed by atoms with van der Waals surface area (Å²) >= 11 is 0. The van der Waals surface area contributed by atoms with Crippen molar-refractivity contribution in [1.82, 2.24) is 9.97 Å². The minimum atomic E-state index is -0.253. The van der Waals surface area contributed by atoms with Gasteiger partial charge in [-0.05, 0) is 24.3 Å². The van der Waals surface area contributed by atoms with Gasteiger partial charge in [0.05, 0.1) is 17.9 Å². The van der Waals surface area contributed by atoms with E-state index in [2.05, 4.69) is 15.3 Å². The highest BCUT2D eigenvalue weighted by Crippen LogP contribution is 2.28. The van der Waals surface area contributed by atoms with Crippen LogP contribution >= 0.6 is 0 Å². The molecule has 2 aromatic heterocycles. The highest BCUT2D eigenvalue weighted by Gasteiger charge is 2.15. The zero-order valence-corrected chi connectivity index (χ0v) is 14.1. The van der Waals surface area contributed by atoms with Gasteiger partial charge < -0.3 is 19.6 Å². The van der Waals surface area contributed by atoms with Crippen LogP contribution in [0.25, 0.3) is 11.0 Å². The molecule has 7 heteroatoms. The van der Waals surface area contributed by atoms with Crippen LogP contribution in [0.3, 0.4) is 0 Å². The molecule has 27 heavy (non-hydrogen) atoms. The number of aliphatic hydroxyl groups is 1. The number of hydrogen-bond acceptors (Lipinski definition) is 6. The maximum atomic E-state index is 12.5. The third-order valence-corrected chi connectivity index (χ3v) is 3.91. The number of carbonyl (C=O) groups excluding carboxylic acids is 1. The minimum Gasteiger partial charge on any atom is -0.463 e. The van der Waals surface area contributed by atoms with E-state index < -0.39 is 0 Å². The predicted molar refractivity (Wildman–Crippen MR) is 98.6 cm³/mol. The van der Waals surface area contributed by atoms with Crippen molar-refractivity contribution in [3.63, 3.8) is 0 Å². The van der Waals surface area contributed by atoms with E-state index in [0.717, 1.165) is 0 Å². The number of benzene rings is 2. The third kappa shape index (κ3) is 3.63. The van der Waals surface area contributed by atoms with Gasteiger partial charge in [0.2, 0.25) is 5.88 Å². The maximum Gasteiger partial charge on any atom is 0.259 e. The molecule has 4 aromatic rings. The lowest BCUT2D eigenvalue weighted by Crippen LogP contribution is -2.10. The molecular formula is C20H15N3O4. The quantitative estimate of drug-likeness (QED) is 0.562. The van der Waals surface area contributed by atoms with Gasteiger partial charge in [-0.2, -0.15) is 0 Å². The number of ether oxygens (including phenoxy) is 1. The van der Waals surface area contributed by atoms with Gasteiger partial charge in [0, 0.05) is 23.2 Å². The molecule has 4 rings (SSSR count). The van der Waals surface area contributed by atoms with E-state index >= 15 is 0 Å². The SMILES string of the molecule is O=C(Nc1ccccc1)c1coc2cc(Oc3cc(CO)ncn3)ccc12. The summed E-state index contributed by atoms with van der Waals surface area (Å²) in [7, 11) is 0. The first-order valence-electron chi connectivity index (χ1n) is 8.20. The van der Waals surface area contributed by atoms with Gasteiger partial charge in [0.1, 0.15) is 23.9 Å². The Morgan fingerprint density at radius 1 is 1.11 bits per heavy atom. The van der Waals surface area contributed by atoms with Crippen LogP contribution in [0.5, 0.6) is 11.6 Å². The Kier molecular flexibility index (Phi) is 4.51. The van der Waals surface area contributed by atoms with Crippen LogP contribution in [0, 0.1) is 0 Å². The number of amides is 1. The Morgan fingerprint density at radius 2 is 1.96 bits per heavy atom. The molecule has 2 heterocycles. The molecule has 0 unspecified atom stereocenters. The minimum absolute atomic E-state index is 0.198. The molecule has 0 bridgehead atoms. The summed E-state index contributed by atoms with van der Waals surface area (Å²) in [6, 6.07) is 15.9. The highest BCUT2D eigenvalue weighted by atomic mass is 16.5. The molecule has 0 radical (unpaired) electrons. The first-order chi connectivity index (χ1) is 13.2. The van der Waals surface area contributed by atoms with Crippen LogP contribution in [0.1, 0.15) is 16.1 Å². The van der Waals surface area contributed by atoms with Crippen LogP contribution in [0.2, 0.25) is 0 Å². The van der Waals surface area contributed by atoms with E-state index in [1.807, 2.05) is 30.3 Å². The molecule has 0 aliphatic carbocycles. The van der Waals surface area contributed by atoms with Crippen LogP contribution in [-0.4, -0.2) is 21.0 Å². The van der Waals surface area contributed by atoms with Crippen molar-refractivity contribution in [3.05, 3.63) is 78.4 Å². The molecular weight excluding hydrogens is 346 g/mol. The van der Waals surface area contributed by atoms with Crippen LogP contribution in [-0.2, 0) is 6.61 Å². The highest BCUT2D eigenvalue weighted by molar-refractivity contribution is 6.12. The summed E-state index contributed by atoms with van der Waals surface area (Å²) in [5.74, 6) is 0.550. The molecule has 0 saturated carbocycles.